The van der Waals surface area contributed by atoms with E-state index in [0.29, 0.717) is 6.42 Å². The fraction of sp³-hybridized carbons (Fsp3) is 0.600. The minimum absolute atomic E-state index is 0. The lowest BCUT2D eigenvalue weighted by atomic mass is 10.2. The minimum atomic E-state index is -0.928. The summed E-state index contributed by atoms with van der Waals surface area (Å²) in [6.07, 6.45) is 3.94. The number of H-pyrrole nitrogens is 1. The maximum atomic E-state index is 9.81. The number of aromatic amines is 1. The zero-order valence-electron chi connectivity index (χ0n) is 7.82. The number of rotatable bonds is 2. The molecule has 0 saturated carbocycles. The van der Waals surface area contributed by atoms with E-state index in [0.717, 1.165) is 5.69 Å². The summed E-state index contributed by atoms with van der Waals surface area (Å²) in [7, 11) is 0. The third kappa shape index (κ3) is 10.6. The van der Waals surface area contributed by atoms with Crippen LogP contribution in [-0.2, 0) is 4.79 Å². The van der Waals surface area contributed by atoms with E-state index in [1.54, 1.807) is 19.4 Å². The largest absolute Gasteiger partial charge is 0.480 e. The van der Waals surface area contributed by atoms with Crippen molar-refractivity contribution in [2.75, 3.05) is 0 Å². The second kappa shape index (κ2) is 10.7. The van der Waals surface area contributed by atoms with Crippen molar-refractivity contribution >= 4 is 5.97 Å². The predicted octanol–water partition coefficient (Wildman–Crippen LogP) is 1.80. The van der Waals surface area contributed by atoms with Crippen molar-refractivity contribution in [3.8, 4) is 0 Å². The maximum Gasteiger partial charge on any atom is 0.320 e. The van der Waals surface area contributed by atoms with Crippen LogP contribution < -0.4 is 5.73 Å². The number of aromatic nitrogens is 2. The van der Waals surface area contributed by atoms with Crippen LogP contribution in [0.1, 0.15) is 33.9 Å². The monoisotopic (exact) mass is 217 g/mol. The Morgan fingerprint density at radius 2 is 2.20 bits per heavy atom. The lowest BCUT2D eigenvalue weighted by molar-refractivity contribution is -0.138. The van der Waals surface area contributed by atoms with Crippen LogP contribution in [0.4, 0.5) is 0 Å². The van der Waals surface area contributed by atoms with Gasteiger partial charge in [0.15, 0.2) is 0 Å². The SMILES string of the molecule is C.C.CCC(N)C(=O)O.Cc1cnc[nH]1. The van der Waals surface area contributed by atoms with Crippen molar-refractivity contribution in [2.24, 2.45) is 5.73 Å². The molecule has 0 aromatic carbocycles. The van der Waals surface area contributed by atoms with Crippen molar-refractivity contribution in [3.05, 3.63) is 18.2 Å². The highest BCUT2D eigenvalue weighted by Crippen LogP contribution is 1.82. The topological polar surface area (TPSA) is 92.0 Å². The summed E-state index contributed by atoms with van der Waals surface area (Å²) in [4.78, 5) is 16.5. The molecule has 0 spiro atoms. The molecular formula is C10H23N3O2. The van der Waals surface area contributed by atoms with E-state index in [1.165, 1.54) is 0 Å². The van der Waals surface area contributed by atoms with Gasteiger partial charge in [0.05, 0.1) is 6.33 Å². The fourth-order valence-corrected chi connectivity index (χ4v) is 0.500. The van der Waals surface area contributed by atoms with Crippen LogP contribution >= 0.6 is 0 Å². The van der Waals surface area contributed by atoms with Crippen LogP contribution in [0.25, 0.3) is 0 Å². The number of hydrogen-bond donors (Lipinski definition) is 3. The Hall–Kier alpha value is -1.36. The lowest BCUT2D eigenvalue weighted by Gasteiger charge is -1.97. The van der Waals surface area contributed by atoms with Crippen LogP contribution in [0.15, 0.2) is 12.5 Å². The van der Waals surface area contributed by atoms with Crippen molar-refractivity contribution in [2.45, 2.75) is 41.2 Å². The van der Waals surface area contributed by atoms with Crippen LogP contribution in [0.3, 0.4) is 0 Å². The van der Waals surface area contributed by atoms with E-state index < -0.39 is 12.0 Å². The van der Waals surface area contributed by atoms with Gasteiger partial charge in [-0.2, -0.15) is 0 Å². The zero-order chi connectivity index (χ0) is 10.3. The summed E-state index contributed by atoms with van der Waals surface area (Å²) >= 11 is 0. The molecule has 0 radical (unpaired) electrons. The molecular weight excluding hydrogens is 194 g/mol. The number of nitrogens with one attached hydrogen (secondary N) is 1. The van der Waals surface area contributed by atoms with E-state index >= 15 is 0 Å². The second-order valence-electron chi connectivity index (χ2n) is 2.59. The number of hydrogen-bond acceptors (Lipinski definition) is 3. The van der Waals surface area contributed by atoms with Crippen LogP contribution in [0.2, 0.25) is 0 Å². The fourth-order valence-electron chi connectivity index (χ4n) is 0.500. The number of carboxylic acid groups (broad SMARTS) is 1. The highest BCUT2D eigenvalue weighted by Gasteiger charge is 2.05. The van der Waals surface area contributed by atoms with E-state index in [1.807, 2.05) is 6.92 Å². The van der Waals surface area contributed by atoms with E-state index in [2.05, 4.69) is 9.97 Å². The van der Waals surface area contributed by atoms with Gasteiger partial charge in [0.2, 0.25) is 0 Å². The van der Waals surface area contributed by atoms with Gasteiger partial charge in [0, 0.05) is 11.9 Å². The van der Waals surface area contributed by atoms with E-state index in [-0.39, 0.29) is 14.9 Å². The molecule has 1 heterocycles. The average Bonchev–Trinajstić information content (AvgIpc) is 2.55. The molecule has 0 aliphatic heterocycles. The Labute approximate surface area is 91.7 Å². The van der Waals surface area contributed by atoms with Gasteiger partial charge in [-0.05, 0) is 13.3 Å². The molecule has 1 aromatic heterocycles. The normalized spacial score (nSPS) is 9.80. The van der Waals surface area contributed by atoms with Gasteiger partial charge in [-0.15, -0.1) is 0 Å². The highest BCUT2D eigenvalue weighted by atomic mass is 16.4. The Kier molecular flexibility index (Phi) is 13.8. The Morgan fingerprint density at radius 3 is 2.27 bits per heavy atom. The summed E-state index contributed by atoms with van der Waals surface area (Å²) in [6, 6.07) is -0.681. The first-order valence-corrected chi connectivity index (χ1v) is 4.01. The van der Waals surface area contributed by atoms with Crippen LogP contribution in [0.5, 0.6) is 0 Å². The molecule has 1 aromatic rings. The van der Waals surface area contributed by atoms with Gasteiger partial charge in [0.25, 0.3) is 0 Å². The Bertz CT molecular complexity index is 235. The summed E-state index contributed by atoms with van der Waals surface area (Å²) in [6.45, 7) is 3.70. The van der Waals surface area contributed by atoms with Crippen LogP contribution in [0, 0.1) is 6.92 Å². The van der Waals surface area contributed by atoms with Gasteiger partial charge in [-0.1, -0.05) is 21.8 Å². The first kappa shape index (κ1) is 19.2. The molecule has 1 atom stereocenters. The third-order valence-electron chi connectivity index (χ3n) is 1.39. The summed E-state index contributed by atoms with van der Waals surface area (Å²) in [5.74, 6) is -0.928. The number of aryl methyl sites for hydroxylation is 1. The Balaban J connectivity index is -0.000000170. The smallest absolute Gasteiger partial charge is 0.320 e. The molecule has 0 saturated heterocycles. The first-order valence-electron chi connectivity index (χ1n) is 4.01. The standard InChI is InChI=1S/C4H6N2.C4H9NO2.2CH4/c1-4-2-5-3-6-4;1-2-3(5)4(6)7;;/h2-3H,1H3,(H,5,6);3H,2,5H2,1H3,(H,6,7);2*1H4. The summed E-state index contributed by atoms with van der Waals surface area (Å²) in [5.41, 5.74) is 6.12. The lowest BCUT2D eigenvalue weighted by Crippen LogP contribution is -2.28. The first-order chi connectivity index (χ1) is 6.07. The molecule has 0 aliphatic rings. The molecule has 15 heavy (non-hydrogen) atoms. The molecule has 1 unspecified atom stereocenters. The number of nitrogens with two attached hydrogens (primary N) is 1. The second-order valence-corrected chi connectivity index (χ2v) is 2.59. The average molecular weight is 217 g/mol. The molecule has 0 aliphatic carbocycles. The van der Waals surface area contributed by atoms with Gasteiger partial charge in [-0.3, -0.25) is 4.79 Å². The van der Waals surface area contributed by atoms with Crippen molar-refractivity contribution < 1.29 is 9.90 Å². The molecule has 0 bridgehead atoms. The number of imidazole rings is 1. The molecule has 5 nitrogen and oxygen atoms in total. The molecule has 1 rings (SSSR count). The number of aliphatic carboxylic acids is 1. The summed E-state index contributed by atoms with van der Waals surface area (Å²) < 4.78 is 0. The number of carboxylic acids is 1. The number of nitrogens with zero attached hydrogens (tertiary/aromatic N) is 1. The van der Waals surface area contributed by atoms with Crippen molar-refractivity contribution in [1.29, 1.82) is 0 Å². The maximum absolute atomic E-state index is 9.81. The third-order valence-corrected chi connectivity index (χ3v) is 1.39. The van der Waals surface area contributed by atoms with Crippen molar-refractivity contribution in [3.63, 3.8) is 0 Å². The van der Waals surface area contributed by atoms with E-state index in [4.69, 9.17) is 10.8 Å². The van der Waals surface area contributed by atoms with Gasteiger partial charge >= 0.3 is 5.97 Å². The zero-order valence-corrected chi connectivity index (χ0v) is 7.82. The van der Waals surface area contributed by atoms with Crippen LogP contribution in [-0.4, -0.2) is 27.1 Å². The quantitative estimate of drug-likeness (QED) is 0.704. The molecule has 5 heteroatoms. The van der Waals surface area contributed by atoms with Gasteiger partial charge in [0.1, 0.15) is 6.04 Å². The molecule has 4 N–H and O–H groups in total. The Morgan fingerprint density at radius 1 is 1.67 bits per heavy atom. The highest BCUT2D eigenvalue weighted by molar-refractivity contribution is 5.72. The predicted molar refractivity (Wildman–Crippen MR) is 62.7 cm³/mol. The summed E-state index contributed by atoms with van der Waals surface area (Å²) in [5, 5.41) is 8.06. The van der Waals surface area contributed by atoms with Gasteiger partial charge < -0.3 is 15.8 Å². The van der Waals surface area contributed by atoms with Gasteiger partial charge in [-0.25, -0.2) is 4.98 Å². The molecule has 0 amide bonds. The van der Waals surface area contributed by atoms with E-state index in [9.17, 15) is 4.79 Å². The molecule has 90 valence electrons. The minimum Gasteiger partial charge on any atom is -0.480 e. The van der Waals surface area contributed by atoms with Crippen molar-refractivity contribution in [1.82, 2.24) is 9.97 Å². The number of carbonyl (C=O) groups is 1. The molecule has 0 fully saturated rings.